The van der Waals surface area contributed by atoms with E-state index in [2.05, 4.69) is 5.48 Å². The lowest BCUT2D eigenvalue weighted by atomic mass is 9.89. The van der Waals surface area contributed by atoms with Gasteiger partial charge in [0, 0.05) is 6.42 Å². The number of carbonyl (C=O) groups excluding carboxylic acids is 2. The molecule has 3 rings (SSSR count). The average Bonchev–Trinajstić information content (AvgIpc) is 2.55. The minimum absolute atomic E-state index is 0.243. The van der Waals surface area contributed by atoms with Crippen molar-refractivity contribution in [3.05, 3.63) is 71.3 Å². The summed E-state index contributed by atoms with van der Waals surface area (Å²) in [6.45, 7) is 1.83. The number of amides is 1. The van der Waals surface area contributed by atoms with E-state index < -0.39 is 17.5 Å². The second kappa shape index (κ2) is 6.22. The van der Waals surface area contributed by atoms with Gasteiger partial charge in [0.05, 0.1) is 12.2 Å². The number of nitrogens with one attached hydrogen (secondary N) is 1. The van der Waals surface area contributed by atoms with Gasteiger partial charge in [-0.2, -0.15) is 0 Å². The van der Waals surface area contributed by atoms with Crippen LogP contribution in [0.25, 0.3) is 0 Å². The molecule has 1 aliphatic rings. The van der Waals surface area contributed by atoms with Gasteiger partial charge < -0.3 is 4.74 Å². The lowest BCUT2D eigenvalue weighted by Crippen LogP contribution is -2.51. The third kappa shape index (κ3) is 3.24. The fourth-order valence-corrected chi connectivity index (χ4v) is 2.53. The largest absolute Gasteiger partial charge is 0.445 e. The second-order valence-electron chi connectivity index (χ2n) is 5.66. The Balaban J connectivity index is 1.64. The highest BCUT2D eigenvalue weighted by Crippen LogP contribution is 2.28. The molecular formula is C18H17NO4. The Labute approximate surface area is 134 Å². The van der Waals surface area contributed by atoms with Crippen molar-refractivity contribution in [2.75, 3.05) is 0 Å². The maximum absolute atomic E-state index is 12.4. The summed E-state index contributed by atoms with van der Waals surface area (Å²) in [6.07, 6.45) is 0.315. The SMILES string of the molecule is CC1(C(=O)NOCc2ccccc2)Cc2ccccc2C(=O)O1. The van der Waals surface area contributed by atoms with Gasteiger partial charge >= 0.3 is 5.97 Å². The van der Waals surface area contributed by atoms with E-state index in [9.17, 15) is 9.59 Å². The third-order valence-electron chi connectivity index (χ3n) is 3.81. The summed E-state index contributed by atoms with van der Waals surface area (Å²) in [4.78, 5) is 29.6. The molecule has 2 aromatic carbocycles. The number of rotatable bonds is 4. The quantitative estimate of drug-likeness (QED) is 0.695. The number of carbonyl (C=O) groups is 2. The summed E-state index contributed by atoms with van der Waals surface area (Å²) in [7, 11) is 0. The first kappa shape index (κ1) is 15.2. The molecule has 1 heterocycles. The summed E-state index contributed by atoms with van der Waals surface area (Å²) in [5, 5.41) is 0. The maximum atomic E-state index is 12.4. The lowest BCUT2D eigenvalue weighted by Gasteiger charge is -2.32. The number of ether oxygens (including phenoxy) is 1. The maximum Gasteiger partial charge on any atom is 0.339 e. The van der Waals surface area contributed by atoms with Gasteiger partial charge in [0.2, 0.25) is 0 Å². The van der Waals surface area contributed by atoms with E-state index in [0.29, 0.717) is 12.0 Å². The Kier molecular flexibility index (Phi) is 4.12. The monoisotopic (exact) mass is 311 g/mol. The Morgan fingerprint density at radius 1 is 1.17 bits per heavy atom. The van der Waals surface area contributed by atoms with Gasteiger partial charge in [-0.05, 0) is 24.1 Å². The van der Waals surface area contributed by atoms with Crippen molar-refractivity contribution in [3.63, 3.8) is 0 Å². The molecule has 5 heteroatoms. The minimum atomic E-state index is -1.28. The van der Waals surface area contributed by atoms with Crippen molar-refractivity contribution in [3.8, 4) is 0 Å². The molecule has 1 atom stereocenters. The fraction of sp³-hybridized carbons (Fsp3) is 0.222. The Bertz CT molecular complexity index is 729. The van der Waals surface area contributed by atoms with Gasteiger partial charge in [-0.1, -0.05) is 48.5 Å². The van der Waals surface area contributed by atoms with Gasteiger partial charge in [0.25, 0.3) is 5.91 Å². The van der Waals surface area contributed by atoms with Gasteiger partial charge in [0.1, 0.15) is 0 Å². The van der Waals surface area contributed by atoms with Crippen LogP contribution in [0.15, 0.2) is 54.6 Å². The molecule has 0 aromatic heterocycles. The molecule has 0 saturated heterocycles. The molecule has 0 aliphatic carbocycles. The predicted octanol–water partition coefficient (Wildman–Crippen LogP) is 2.41. The Hall–Kier alpha value is -2.66. The molecule has 0 radical (unpaired) electrons. The van der Waals surface area contributed by atoms with Crippen LogP contribution in [0.3, 0.4) is 0 Å². The van der Waals surface area contributed by atoms with Crippen LogP contribution >= 0.6 is 0 Å². The highest BCUT2D eigenvalue weighted by atomic mass is 16.7. The molecule has 118 valence electrons. The number of hydroxylamine groups is 1. The summed E-state index contributed by atoms with van der Waals surface area (Å²) >= 11 is 0. The molecule has 1 N–H and O–H groups in total. The van der Waals surface area contributed by atoms with Crippen LogP contribution < -0.4 is 5.48 Å². The van der Waals surface area contributed by atoms with Gasteiger partial charge in [0.15, 0.2) is 5.60 Å². The molecule has 1 aliphatic heterocycles. The van der Waals surface area contributed by atoms with E-state index in [4.69, 9.17) is 9.57 Å². The molecule has 0 bridgehead atoms. The van der Waals surface area contributed by atoms with Crippen molar-refractivity contribution in [1.29, 1.82) is 0 Å². The van der Waals surface area contributed by atoms with Gasteiger partial charge in [-0.15, -0.1) is 0 Å². The average molecular weight is 311 g/mol. The van der Waals surface area contributed by atoms with E-state index in [1.54, 1.807) is 19.1 Å². The van der Waals surface area contributed by atoms with E-state index in [-0.39, 0.29) is 6.61 Å². The van der Waals surface area contributed by atoms with Crippen LogP contribution in [0, 0.1) is 0 Å². The Morgan fingerprint density at radius 3 is 2.65 bits per heavy atom. The minimum Gasteiger partial charge on any atom is -0.445 e. The first-order valence-electron chi connectivity index (χ1n) is 7.36. The number of fused-ring (bicyclic) bond motifs is 1. The second-order valence-corrected chi connectivity index (χ2v) is 5.66. The van der Waals surface area contributed by atoms with Crippen molar-refractivity contribution < 1.29 is 19.2 Å². The Morgan fingerprint density at radius 2 is 1.87 bits per heavy atom. The summed E-state index contributed by atoms with van der Waals surface area (Å²) < 4.78 is 5.33. The zero-order valence-electron chi connectivity index (χ0n) is 12.7. The highest BCUT2D eigenvalue weighted by Gasteiger charge is 2.42. The standard InChI is InChI=1S/C18H17NO4/c1-18(11-14-9-5-6-10-15(14)16(20)23-18)17(21)19-22-12-13-7-3-2-4-8-13/h2-10H,11-12H2,1H3,(H,19,21). The van der Waals surface area contributed by atoms with Crippen LogP contribution in [0.2, 0.25) is 0 Å². The summed E-state index contributed by atoms with van der Waals surface area (Å²) in [5.74, 6) is -0.969. The zero-order valence-corrected chi connectivity index (χ0v) is 12.7. The first-order chi connectivity index (χ1) is 11.1. The smallest absolute Gasteiger partial charge is 0.339 e. The molecule has 1 unspecified atom stereocenters. The van der Waals surface area contributed by atoms with Crippen LogP contribution in [0.5, 0.6) is 0 Å². The van der Waals surface area contributed by atoms with E-state index in [0.717, 1.165) is 11.1 Å². The number of hydrogen-bond donors (Lipinski definition) is 1. The van der Waals surface area contributed by atoms with E-state index >= 15 is 0 Å². The van der Waals surface area contributed by atoms with Crippen LogP contribution in [-0.4, -0.2) is 17.5 Å². The van der Waals surface area contributed by atoms with Gasteiger partial charge in [-0.25, -0.2) is 10.3 Å². The van der Waals surface area contributed by atoms with Crippen molar-refractivity contribution in [1.82, 2.24) is 5.48 Å². The molecule has 0 fully saturated rings. The van der Waals surface area contributed by atoms with Crippen molar-refractivity contribution >= 4 is 11.9 Å². The van der Waals surface area contributed by atoms with Crippen LogP contribution in [0.1, 0.15) is 28.4 Å². The molecule has 23 heavy (non-hydrogen) atoms. The molecule has 1 amide bonds. The first-order valence-corrected chi connectivity index (χ1v) is 7.36. The fourth-order valence-electron chi connectivity index (χ4n) is 2.53. The number of hydrogen-bond acceptors (Lipinski definition) is 4. The van der Waals surface area contributed by atoms with Crippen molar-refractivity contribution in [2.24, 2.45) is 0 Å². The predicted molar refractivity (Wildman–Crippen MR) is 83.3 cm³/mol. The van der Waals surface area contributed by atoms with Crippen LogP contribution in [0.4, 0.5) is 0 Å². The summed E-state index contributed by atoms with van der Waals surface area (Å²) in [5.41, 5.74) is 3.33. The molecular weight excluding hydrogens is 294 g/mol. The topological polar surface area (TPSA) is 64.6 Å². The molecule has 0 spiro atoms. The molecule has 0 saturated carbocycles. The number of esters is 1. The summed E-state index contributed by atoms with van der Waals surface area (Å²) in [6, 6.07) is 16.6. The number of cyclic esters (lactones) is 1. The van der Waals surface area contributed by atoms with Gasteiger partial charge in [-0.3, -0.25) is 9.63 Å². The van der Waals surface area contributed by atoms with E-state index in [1.807, 2.05) is 42.5 Å². The third-order valence-corrected chi connectivity index (χ3v) is 3.81. The van der Waals surface area contributed by atoms with E-state index in [1.165, 1.54) is 0 Å². The number of benzene rings is 2. The highest BCUT2D eigenvalue weighted by molar-refractivity contribution is 5.97. The molecule has 5 nitrogen and oxygen atoms in total. The zero-order chi connectivity index (χ0) is 16.3. The molecule has 2 aromatic rings. The van der Waals surface area contributed by atoms with Crippen molar-refractivity contribution in [2.45, 2.75) is 25.6 Å². The normalized spacial score (nSPS) is 19.6. The lowest BCUT2D eigenvalue weighted by molar-refractivity contribution is -0.153. The van der Waals surface area contributed by atoms with Crippen LogP contribution in [-0.2, 0) is 27.4 Å².